The van der Waals surface area contributed by atoms with E-state index in [0.29, 0.717) is 13.1 Å². The molecule has 0 fully saturated rings. The van der Waals surface area contributed by atoms with Crippen molar-refractivity contribution >= 4 is 6.21 Å². The highest BCUT2D eigenvalue weighted by Gasteiger charge is 2.34. The molecule has 4 nitrogen and oxygen atoms in total. The molecule has 0 radical (unpaired) electrons. The Balaban J connectivity index is 2.65. The van der Waals surface area contributed by atoms with Gasteiger partial charge < -0.3 is 16.2 Å². The smallest absolute Gasteiger partial charge is 0.0963 e. The Morgan fingerprint density at radius 3 is 2.86 bits per heavy atom. The third-order valence-corrected chi connectivity index (χ3v) is 2.67. The van der Waals surface area contributed by atoms with E-state index in [9.17, 15) is 5.11 Å². The summed E-state index contributed by atoms with van der Waals surface area (Å²) in [4.78, 5) is 4.41. The maximum absolute atomic E-state index is 9.30. The van der Waals surface area contributed by atoms with E-state index in [4.69, 9.17) is 5.73 Å². The standard InChI is InChI=1S/C10H19N3O/c1-2-10(4-3-6-13-10)9(8-14)12-7-5-11/h3-4,6,9,12,14H,2,5,7-8,11H2,1H3. The molecule has 80 valence electrons. The number of nitrogens with one attached hydrogen (secondary N) is 1. The van der Waals surface area contributed by atoms with Crippen LogP contribution in [0.5, 0.6) is 0 Å². The van der Waals surface area contributed by atoms with Gasteiger partial charge in [0, 0.05) is 19.3 Å². The van der Waals surface area contributed by atoms with Crippen molar-refractivity contribution < 1.29 is 5.11 Å². The summed E-state index contributed by atoms with van der Waals surface area (Å²) in [5.41, 5.74) is 5.14. The molecular formula is C10H19N3O. The van der Waals surface area contributed by atoms with Crippen LogP contribution in [-0.4, -0.2) is 42.6 Å². The molecular weight excluding hydrogens is 178 g/mol. The molecule has 0 aromatic rings. The lowest BCUT2D eigenvalue weighted by atomic mass is 9.89. The van der Waals surface area contributed by atoms with Gasteiger partial charge >= 0.3 is 0 Å². The molecule has 2 atom stereocenters. The summed E-state index contributed by atoms with van der Waals surface area (Å²) in [5.74, 6) is 0. The molecule has 0 bridgehead atoms. The SMILES string of the molecule is CCC1(C(CO)NCCN)C=CC=N1. The summed E-state index contributed by atoms with van der Waals surface area (Å²) < 4.78 is 0. The number of nitrogens with two attached hydrogens (primary N) is 1. The van der Waals surface area contributed by atoms with Gasteiger partial charge in [-0.2, -0.15) is 0 Å². The highest BCUT2D eigenvalue weighted by atomic mass is 16.3. The van der Waals surface area contributed by atoms with Crippen LogP contribution in [0.2, 0.25) is 0 Å². The van der Waals surface area contributed by atoms with Crippen molar-refractivity contribution in [3.05, 3.63) is 12.2 Å². The van der Waals surface area contributed by atoms with Gasteiger partial charge in [-0.05, 0) is 12.5 Å². The summed E-state index contributed by atoms with van der Waals surface area (Å²) in [6.07, 6.45) is 6.63. The van der Waals surface area contributed by atoms with Crippen LogP contribution in [0.3, 0.4) is 0 Å². The molecule has 4 heteroatoms. The Morgan fingerprint density at radius 1 is 1.64 bits per heavy atom. The predicted molar refractivity (Wildman–Crippen MR) is 58.6 cm³/mol. The van der Waals surface area contributed by atoms with Crippen molar-refractivity contribution in [3.63, 3.8) is 0 Å². The third-order valence-electron chi connectivity index (χ3n) is 2.67. The monoisotopic (exact) mass is 197 g/mol. The van der Waals surface area contributed by atoms with Crippen LogP contribution in [0, 0.1) is 0 Å². The van der Waals surface area contributed by atoms with E-state index in [0.717, 1.165) is 6.42 Å². The first-order valence-electron chi connectivity index (χ1n) is 5.06. The molecule has 4 N–H and O–H groups in total. The number of aliphatic hydroxyl groups is 1. The summed E-state index contributed by atoms with van der Waals surface area (Å²) in [5, 5.41) is 12.5. The average Bonchev–Trinajstić information content (AvgIpc) is 2.69. The molecule has 1 aliphatic rings. The minimum atomic E-state index is -0.274. The predicted octanol–water partition coefficient (Wildman–Crippen LogP) is -0.315. The average molecular weight is 197 g/mol. The molecule has 0 amide bonds. The van der Waals surface area contributed by atoms with Crippen LogP contribution in [0.4, 0.5) is 0 Å². The third kappa shape index (κ3) is 2.20. The van der Waals surface area contributed by atoms with Crippen molar-refractivity contribution in [2.24, 2.45) is 10.7 Å². The van der Waals surface area contributed by atoms with Gasteiger partial charge in [0.25, 0.3) is 0 Å². The Kier molecular flexibility index (Phi) is 4.25. The van der Waals surface area contributed by atoms with Crippen molar-refractivity contribution in [1.82, 2.24) is 5.32 Å². The zero-order valence-corrected chi connectivity index (χ0v) is 8.61. The summed E-state index contributed by atoms with van der Waals surface area (Å²) >= 11 is 0. The first-order chi connectivity index (χ1) is 6.79. The van der Waals surface area contributed by atoms with Crippen LogP contribution in [0.1, 0.15) is 13.3 Å². The fourth-order valence-corrected chi connectivity index (χ4v) is 1.75. The van der Waals surface area contributed by atoms with Gasteiger partial charge in [0.1, 0.15) is 0 Å². The molecule has 0 saturated heterocycles. The van der Waals surface area contributed by atoms with E-state index >= 15 is 0 Å². The highest BCUT2D eigenvalue weighted by Crippen LogP contribution is 2.25. The molecule has 0 aliphatic carbocycles. The number of rotatable bonds is 6. The lowest BCUT2D eigenvalue weighted by molar-refractivity contribution is 0.199. The number of hydrogen-bond donors (Lipinski definition) is 3. The normalized spacial score (nSPS) is 27.1. The molecule has 0 spiro atoms. The summed E-state index contributed by atoms with van der Waals surface area (Å²) in [7, 11) is 0. The first kappa shape index (κ1) is 11.4. The van der Waals surface area contributed by atoms with Gasteiger partial charge in [0.2, 0.25) is 0 Å². The van der Waals surface area contributed by atoms with Crippen molar-refractivity contribution in [1.29, 1.82) is 0 Å². The van der Waals surface area contributed by atoms with E-state index in [1.165, 1.54) is 0 Å². The van der Waals surface area contributed by atoms with Crippen molar-refractivity contribution in [2.75, 3.05) is 19.7 Å². The lowest BCUT2D eigenvalue weighted by Gasteiger charge is -2.32. The molecule has 1 heterocycles. The number of hydrogen-bond acceptors (Lipinski definition) is 4. The van der Waals surface area contributed by atoms with Gasteiger partial charge in [0.15, 0.2) is 0 Å². The van der Waals surface area contributed by atoms with Crippen LogP contribution in [0.25, 0.3) is 0 Å². The summed E-state index contributed by atoms with van der Waals surface area (Å²) in [6, 6.07) is -0.0361. The van der Waals surface area contributed by atoms with Crippen LogP contribution in [0.15, 0.2) is 17.1 Å². The molecule has 0 saturated carbocycles. The van der Waals surface area contributed by atoms with Crippen molar-refractivity contribution in [2.45, 2.75) is 24.9 Å². The fourth-order valence-electron chi connectivity index (χ4n) is 1.75. The minimum Gasteiger partial charge on any atom is -0.395 e. The van der Waals surface area contributed by atoms with Gasteiger partial charge in [-0.25, -0.2) is 0 Å². The Labute approximate surface area is 84.9 Å². The fraction of sp³-hybridized carbons (Fsp3) is 0.700. The molecule has 1 rings (SSSR count). The summed E-state index contributed by atoms with van der Waals surface area (Å²) in [6.45, 7) is 3.43. The Hall–Kier alpha value is -0.710. The second-order valence-electron chi connectivity index (χ2n) is 3.46. The molecule has 0 aromatic carbocycles. The highest BCUT2D eigenvalue weighted by molar-refractivity contribution is 5.75. The largest absolute Gasteiger partial charge is 0.395 e. The van der Waals surface area contributed by atoms with Gasteiger partial charge in [-0.15, -0.1) is 0 Å². The maximum Gasteiger partial charge on any atom is 0.0963 e. The van der Waals surface area contributed by atoms with Crippen LogP contribution in [-0.2, 0) is 0 Å². The second kappa shape index (κ2) is 5.24. The second-order valence-corrected chi connectivity index (χ2v) is 3.46. The number of aliphatic imine (C=N–C) groups is 1. The van der Waals surface area contributed by atoms with Gasteiger partial charge in [0.05, 0.1) is 18.2 Å². The zero-order valence-electron chi connectivity index (χ0n) is 8.61. The minimum absolute atomic E-state index is 0.0361. The molecule has 1 aliphatic heterocycles. The maximum atomic E-state index is 9.30. The molecule has 14 heavy (non-hydrogen) atoms. The van der Waals surface area contributed by atoms with Crippen LogP contribution < -0.4 is 11.1 Å². The lowest BCUT2D eigenvalue weighted by Crippen LogP contribution is -2.51. The Bertz CT molecular complexity index is 213. The molecule has 2 unspecified atom stereocenters. The van der Waals surface area contributed by atoms with E-state index < -0.39 is 0 Å². The van der Waals surface area contributed by atoms with E-state index in [-0.39, 0.29) is 18.2 Å². The quantitative estimate of drug-likeness (QED) is 0.547. The van der Waals surface area contributed by atoms with Crippen LogP contribution >= 0.6 is 0 Å². The van der Waals surface area contributed by atoms with Crippen molar-refractivity contribution in [3.8, 4) is 0 Å². The van der Waals surface area contributed by atoms with Gasteiger partial charge in [-0.3, -0.25) is 4.99 Å². The number of nitrogens with zero attached hydrogens (tertiary/aromatic N) is 1. The topological polar surface area (TPSA) is 70.6 Å². The zero-order chi connectivity index (χ0) is 10.4. The molecule has 0 aromatic heterocycles. The first-order valence-corrected chi connectivity index (χ1v) is 5.06. The van der Waals surface area contributed by atoms with E-state index in [2.05, 4.69) is 17.2 Å². The number of aliphatic hydroxyl groups excluding tert-OH is 1. The van der Waals surface area contributed by atoms with E-state index in [1.54, 1.807) is 6.21 Å². The Morgan fingerprint density at radius 2 is 2.43 bits per heavy atom. The van der Waals surface area contributed by atoms with E-state index in [1.807, 2.05) is 12.2 Å². The number of allylic oxidation sites excluding steroid dienone is 1. The van der Waals surface area contributed by atoms with Gasteiger partial charge in [-0.1, -0.05) is 13.0 Å².